The van der Waals surface area contributed by atoms with E-state index in [9.17, 15) is 0 Å². The zero-order valence-electron chi connectivity index (χ0n) is 10.0. The van der Waals surface area contributed by atoms with Crippen molar-refractivity contribution in [1.29, 1.82) is 0 Å². The standard InChI is InChI=1S/C13H20ClNO/c1-11(14)4-3-9-15-10-12-5-7-13(16-2)8-6-12/h5-8,11,15H,3-4,9-10H2,1-2H3. The second-order valence-electron chi connectivity index (χ2n) is 3.95. The summed E-state index contributed by atoms with van der Waals surface area (Å²) in [6.45, 7) is 3.95. The first-order valence-electron chi connectivity index (χ1n) is 5.70. The first kappa shape index (κ1) is 13.3. The van der Waals surface area contributed by atoms with E-state index in [1.165, 1.54) is 5.56 Å². The molecule has 1 aromatic carbocycles. The van der Waals surface area contributed by atoms with Crippen LogP contribution >= 0.6 is 11.6 Å². The molecule has 0 amide bonds. The molecule has 16 heavy (non-hydrogen) atoms. The van der Waals surface area contributed by atoms with Crippen molar-refractivity contribution < 1.29 is 4.74 Å². The fourth-order valence-corrected chi connectivity index (χ4v) is 1.64. The number of methoxy groups -OCH3 is 1. The summed E-state index contributed by atoms with van der Waals surface area (Å²) in [6, 6.07) is 8.13. The van der Waals surface area contributed by atoms with E-state index >= 15 is 0 Å². The topological polar surface area (TPSA) is 21.3 Å². The van der Waals surface area contributed by atoms with Crippen molar-refractivity contribution in [2.45, 2.75) is 31.7 Å². The molecule has 0 heterocycles. The average Bonchev–Trinajstić information content (AvgIpc) is 2.29. The average molecular weight is 242 g/mol. The molecule has 0 bridgehead atoms. The number of nitrogens with one attached hydrogen (secondary N) is 1. The van der Waals surface area contributed by atoms with Crippen molar-refractivity contribution in [2.75, 3.05) is 13.7 Å². The highest BCUT2D eigenvalue weighted by Crippen LogP contribution is 2.11. The number of ether oxygens (including phenoxy) is 1. The molecule has 0 radical (unpaired) electrons. The third-order valence-corrected chi connectivity index (χ3v) is 2.66. The summed E-state index contributed by atoms with van der Waals surface area (Å²) in [5.74, 6) is 0.903. The Morgan fingerprint density at radius 1 is 1.31 bits per heavy atom. The van der Waals surface area contributed by atoms with E-state index in [0.717, 1.165) is 31.7 Å². The molecule has 0 saturated carbocycles. The van der Waals surface area contributed by atoms with Crippen molar-refractivity contribution in [1.82, 2.24) is 5.32 Å². The van der Waals surface area contributed by atoms with Crippen molar-refractivity contribution in [3.63, 3.8) is 0 Å². The van der Waals surface area contributed by atoms with E-state index in [1.807, 2.05) is 19.1 Å². The van der Waals surface area contributed by atoms with Crippen LogP contribution in [0.1, 0.15) is 25.3 Å². The third-order valence-electron chi connectivity index (χ3n) is 2.44. The van der Waals surface area contributed by atoms with Gasteiger partial charge in [0.15, 0.2) is 0 Å². The highest BCUT2D eigenvalue weighted by Gasteiger charge is 1.96. The van der Waals surface area contributed by atoms with E-state index in [1.54, 1.807) is 7.11 Å². The number of halogens is 1. The summed E-state index contributed by atoms with van der Waals surface area (Å²) < 4.78 is 5.10. The normalized spacial score (nSPS) is 12.4. The lowest BCUT2D eigenvalue weighted by molar-refractivity contribution is 0.414. The van der Waals surface area contributed by atoms with Gasteiger partial charge in [-0.25, -0.2) is 0 Å². The van der Waals surface area contributed by atoms with Gasteiger partial charge in [0.05, 0.1) is 7.11 Å². The van der Waals surface area contributed by atoms with Crippen LogP contribution in [0.25, 0.3) is 0 Å². The van der Waals surface area contributed by atoms with Gasteiger partial charge >= 0.3 is 0 Å². The maximum Gasteiger partial charge on any atom is 0.118 e. The van der Waals surface area contributed by atoms with Crippen molar-refractivity contribution in [3.05, 3.63) is 29.8 Å². The van der Waals surface area contributed by atoms with Gasteiger partial charge in [-0.3, -0.25) is 0 Å². The molecule has 3 heteroatoms. The summed E-state index contributed by atoms with van der Waals surface area (Å²) >= 11 is 5.87. The molecule has 1 rings (SSSR count). The third kappa shape index (κ3) is 5.38. The smallest absolute Gasteiger partial charge is 0.118 e. The second-order valence-corrected chi connectivity index (χ2v) is 4.69. The first-order valence-corrected chi connectivity index (χ1v) is 6.13. The maximum atomic E-state index is 5.87. The highest BCUT2D eigenvalue weighted by molar-refractivity contribution is 6.20. The SMILES string of the molecule is COc1ccc(CNCCCC(C)Cl)cc1. The minimum Gasteiger partial charge on any atom is -0.497 e. The van der Waals surface area contributed by atoms with Gasteiger partial charge in [-0.2, -0.15) is 0 Å². The van der Waals surface area contributed by atoms with Crippen LogP contribution in [0.15, 0.2) is 24.3 Å². The summed E-state index contributed by atoms with van der Waals surface area (Å²) in [5, 5.41) is 3.68. The molecular formula is C13H20ClNO. The quantitative estimate of drug-likeness (QED) is 0.585. The van der Waals surface area contributed by atoms with Gasteiger partial charge < -0.3 is 10.1 Å². The van der Waals surface area contributed by atoms with Crippen molar-refractivity contribution in [3.8, 4) is 5.75 Å². The van der Waals surface area contributed by atoms with Crippen LogP contribution in [-0.2, 0) is 6.54 Å². The Labute approximate surface area is 103 Å². The molecule has 0 aromatic heterocycles. The van der Waals surface area contributed by atoms with E-state index in [0.29, 0.717) is 0 Å². The van der Waals surface area contributed by atoms with Gasteiger partial charge in [0, 0.05) is 11.9 Å². The Morgan fingerprint density at radius 2 is 2.00 bits per heavy atom. The van der Waals surface area contributed by atoms with Gasteiger partial charge in [-0.15, -0.1) is 11.6 Å². The second kappa shape index (κ2) is 7.53. The molecule has 0 spiro atoms. The number of benzene rings is 1. The number of hydrogen-bond acceptors (Lipinski definition) is 2. The van der Waals surface area contributed by atoms with Crippen LogP contribution in [0.2, 0.25) is 0 Å². The Hall–Kier alpha value is -0.730. The van der Waals surface area contributed by atoms with Crippen LogP contribution in [0, 0.1) is 0 Å². The van der Waals surface area contributed by atoms with E-state index in [2.05, 4.69) is 17.4 Å². The molecule has 1 N–H and O–H groups in total. The molecule has 0 aliphatic rings. The maximum absolute atomic E-state index is 5.87. The van der Waals surface area contributed by atoms with Gasteiger partial charge in [-0.05, 0) is 44.0 Å². The minimum atomic E-state index is 0.280. The minimum absolute atomic E-state index is 0.280. The number of alkyl halides is 1. The molecule has 0 aliphatic heterocycles. The van der Waals surface area contributed by atoms with Crippen LogP contribution in [-0.4, -0.2) is 19.0 Å². The summed E-state index contributed by atoms with van der Waals surface area (Å²) in [4.78, 5) is 0. The summed E-state index contributed by atoms with van der Waals surface area (Å²) in [7, 11) is 1.68. The zero-order valence-corrected chi connectivity index (χ0v) is 10.8. The Bertz CT molecular complexity index is 284. The van der Waals surface area contributed by atoms with Gasteiger partial charge in [0.25, 0.3) is 0 Å². The molecule has 0 saturated heterocycles. The molecule has 2 nitrogen and oxygen atoms in total. The first-order chi connectivity index (χ1) is 7.72. The lowest BCUT2D eigenvalue weighted by Gasteiger charge is -2.06. The van der Waals surface area contributed by atoms with Crippen molar-refractivity contribution in [2.24, 2.45) is 0 Å². The van der Waals surface area contributed by atoms with Gasteiger partial charge in [0.1, 0.15) is 5.75 Å². The Balaban J connectivity index is 2.16. The predicted molar refractivity (Wildman–Crippen MR) is 69.2 cm³/mol. The molecule has 1 aromatic rings. The summed E-state index contributed by atoms with van der Waals surface area (Å²) in [5.41, 5.74) is 1.28. The number of rotatable bonds is 7. The molecule has 90 valence electrons. The van der Waals surface area contributed by atoms with Crippen molar-refractivity contribution >= 4 is 11.6 Å². The molecular weight excluding hydrogens is 222 g/mol. The van der Waals surface area contributed by atoms with Gasteiger partial charge in [0.2, 0.25) is 0 Å². The number of hydrogen-bond donors (Lipinski definition) is 1. The fourth-order valence-electron chi connectivity index (χ4n) is 1.48. The molecule has 1 unspecified atom stereocenters. The predicted octanol–water partition coefficient (Wildman–Crippen LogP) is 3.19. The fraction of sp³-hybridized carbons (Fsp3) is 0.538. The van der Waals surface area contributed by atoms with Gasteiger partial charge in [-0.1, -0.05) is 12.1 Å². The highest BCUT2D eigenvalue weighted by atomic mass is 35.5. The van der Waals surface area contributed by atoms with E-state index < -0.39 is 0 Å². The Kier molecular flexibility index (Phi) is 6.27. The van der Waals surface area contributed by atoms with E-state index in [4.69, 9.17) is 16.3 Å². The molecule has 1 atom stereocenters. The summed E-state index contributed by atoms with van der Waals surface area (Å²) in [6.07, 6.45) is 2.19. The molecule has 0 aliphatic carbocycles. The van der Waals surface area contributed by atoms with E-state index in [-0.39, 0.29) is 5.38 Å². The lowest BCUT2D eigenvalue weighted by atomic mass is 10.2. The lowest BCUT2D eigenvalue weighted by Crippen LogP contribution is -2.15. The van der Waals surface area contributed by atoms with Crippen LogP contribution in [0.4, 0.5) is 0 Å². The monoisotopic (exact) mass is 241 g/mol. The zero-order chi connectivity index (χ0) is 11.8. The largest absolute Gasteiger partial charge is 0.497 e. The van der Waals surface area contributed by atoms with Crippen LogP contribution in [0.5, 0.6) is 5.75 Å². The van der Waals surface area contributed by atoms with Crippen LogP contribution in [0.3, 0.4) is 0 Å². The Morgan fingerprint density at radius 3 is 2.56 bits per heavy atom. The van der Waals surface area contributed by atoms with Crippen LogP contribution < -0.4 is 10.1 Å². The molecule has 0 fully saturated rings.